The van der Waals surface area contributed by atoms with Crippen LogP contribution < -0.4 is 10.2 Å². The van der Waals surface area contributed by atoms with Crippen molar-refractivity contribution >= 4 is 23.0 Å². The molecule has 0 radical (unpaired) electrons. The Morgan fingerprint density at radius 1 is 1.03 bits per heavy atom. The molecule has 2 N–H and O–H groups in total. The van der Waals surface area contributed by atoms with E-state index in [2.05, 4.69) is 10.5 Å². The van der Waals surface area contributed by atoms with Gasteiger partial charge in [-0.25, -0.2) is 15.3 Å². The monoisotopic (exact) mass is 483 g/mol. The van der Waals surface area contributed by atoms with E-state index in [1.54, 1.807) is 6.08 Å². The van der Waals surface area contributed by atoms with Crippen molar-refractivity contribution in [3.05, 3.63) is 101 Å². The van der Waals surface area contributed by atoms with Gasteiger partial charge in [-0.2, -0.15) is 0 Å². The van der Waals surface area contributed by atoms with Gasteiger partial charge in [-0.1, -0.05) is 60.7 Å². The molecule has 1 unspecified atom stereocenters. The fourth-order valence-corrected chi connectivity index (χ4v) is 4.07. The quantitative estimate of drug-likeness (QED) is 0.249. The van der Waals surface area contributed by atoms with Crippen LogP contribution in [0, 0.1) is 0 Å². The summed E-state index contributed by atoms with van der Waals surface area (Å²) in [7, 11) is 0. The lowest BCUT2D eigenvalue weighted by Crippen LogP contribution is -2.32. The number of hydroxylamine groups is 1. The molecule has 1 aromatic heterocycles. The number of carbonyl (C=O) groups excluding carboxylic acids is 1. The second-order valence-corrected chi connectivity index (χ2v) is 8.74. The standard InChI is InChI=1S/C29H29N3O4/c33-27(32-36-28-11-4-5-18-34-28)17-16-21-12-14-22(15-13-21)19-26-30-24-9-6-10-25(29(24)31-26)35-20-23-7-2-1-3-8-23/h1-3,6-10,12-17,28H,4-5,11,18-20H2,(H,30,31)(H,32,33)/b17-16+. The molecule has 1 atom stereocenters. The van der Waals surface area contributed by atoms with Crippen LogP contribution in [0.25, 0.3) is 17.1 Å². The van der Waals surface area contributed by atoms with Crippen molar-refractivity contribution in [3.63, 3.8) is 0 Å². The number of amides is 1. The van der Waals surface area contributed by atoms with Crippen molar-refractivity contribution < 1.29 is 19.1 Å². The molecule has 4 aromatic rings. The molecule has 1 aliphatic heterocycles. The van der Waals surface area contributed by atoms with Crippen molar-refractivity contribution in [3.8, 4) is 5.75 Å². The van der Waals surface area contributed by atoms with Gasteiger partial charge in [0.15, 0.2) is 6.29 Å². The average Bonchev–Trinajstić information content (AvgIpc) is 3.34. The van der Waals surface area contributed by atoms with Crippen LogP contribution in [-0.2, 0) is 27.4 Å². The van der Waals surface area contributed by atoms with Crippen LogP contribution in [0.3, 0.4) is 0 Å². The summed E-state index contributed by atoms with van der Waals surface area (Å²) in [6.45, 7) is 1.16. The van der Waals surface area contributed by atoms with Gasteiger partial charge in [0, 0.05) is 25.5 Å². The highest BCUT2D eigenvalue weighted by molar-refractivity contribution is 5.90. The summed E-state index contributed by atoms with van der Waals surface area (Å²) >= 11 is 0. The lowest BCUT2D eigenvalue weighted by atomic mass is 10.1. The summed E-state index contributed by atoms with van der Waals surface area (Å²) in [6, 6.07) is 24.0. The number of fused-ring (bicyclic) bond motifs is 1. The van der Waals surface area contributed by atoms with Gasteiger partial charge in [-0.3, -0.25) is 4.79 Å². The second-order valence-electron chi connectivity index (χ2n) is 8.74. The van der Waals surface area contributed by atoms with Crippen LogP contribution in [0.15, 0.2) is 78.9 Å². The molecule has 7 nitrogen and oxygen atoms in total. The number of hydrogen-bond acceptors (Lipinski definition) is 5. The zero-order valence-electron chi connectivity index (χ0n) is 20.0. The summed E-state index contributed by atoms with van der Waals surface area (Å²) in [5, 5.41) is 0. The molecule has 5 rings (SSSR count). The number of H-pyrrole nitrogens is 1. The predicted octanol–water partition coefficient (Wildman–Crippen LogP) is 5.32. The van der Waals surface area contributed by atoms with Crippen molar-refractivity contribution in [1.82, 2.24) is 15.4 Å². The van der Waals surface area contributed by atoms with Crippen LogP contribution in [0.4, 0.5) is 0 Å². The number of para-hydroxylation sites is 1. The first kappa shape index (κ1) is 23.8. The smallest absolute Gasteiger partial charge is 0.267 e. The molecular formula is C29H29N3O4. The Labute approximate surface area is 210 Å². The van der Waals surface area contributed by atoms with Crippen molar-refractivity contribution in [2.45, 2.75) is 38.6 Å². The minimum absolute atomic E-state index is 0.319. The largest absolute Gasteiger partial charge is 0.487 e. The van der Waals surface area contributed by atoms with E-state index in [0.29, 0.717) is 19.6 Å². The molecule has 36 heavy (non-hydrogen) atoms. The fraction of sp³-hybridized carbons (Fsp3) is 0.241. The van der Waals surface area contributed by atoms with E-state index in [-0.39, 0.29) is 12.2 Å². The Bertz CT molecular complexity index is 1310. The Kier molecular flexibility index (Phi) is 7.70. The number of carbonyl (C=O) groups is 1. The van der Waals surface area contributed by atoms with Crippen LogP contribution in [0.2, 0.25) is 0 Å². The molecule has 7 heteroatoms. The molecule has 1 fully saturated rings. The average molecular weight is 484 g/mol. The molecule has 1 amide bonds. The van der Waals surface area contributed by atoms with Crippen molar-refractivity contribution in [2.75, 3.05) is 6.61 Å². The highest BCUT2D eigenvalue weighted by atomic mass is 16.8. The molecule has 1 saturated heterocycles. The van der Waals surface area contributed by atoms with Gasteiger partial charge < -0.3 is 14.5 Å². The Morgan fingerprint density at radius 2 is 1.89 bits per heavy atom. The third-order valence-corrected chi connectivity index (χ3v) is 5.97. The molecule has 2 heterocycles. The van der Waals surface area contributed by atoms with Gasteiger partial charge in [-0.05, 0) is 47.7 Å². The van der Waals surface area contributed by atoms with E-state index in [1.807, 2.05) is 72.8 Å². The van der Waals surface area contributed by atoms with Crippen LogP contribution in [0.5, 0.6) is 5.75 Å². The van der Waals surface area contributed by atoms with Gasteiger partial charge in [0.25, 0.3) is 5.91 Å². The molecular weight excluding hydrogens is 454 g/mol. The maximum Gasteiger partial charge on any atom is 0.267 e. The molecule has 1 aliphatic rings. The van der Waals surface area contributed by atoms with Gasteiger partial charge in [0.2, 0.25) is 0 Å². The Balaban J connectivity index is 1.17. The number of imidazole rings is 1. The molecule has 0 bridgehead atoms. The summed E-state index contributed by atoms with van der Waals surface area (Å²) in [4.78, 5) is 25.5. The first-order valence-electron chi connectivity index (χ1n) is 12.2. The number of nitrogens with one attached hydrogen (secondary N) is 2. The maximum atomic E-state index is 12.0. The van der Waals surface area contributed by atoms with Gasteiger partial charge in [0.1, 0.15) is 23.7 Å². The van der Waals surface area contributed by atoms with E-state index in [0.717, 1.165) is 58.6 Å². The van der Waals surface area contributed by atoms with Crippen LogP contribution in [-0.4, -0.2) is 28.8 Å². The normalized spacial score (nSPS) is 15.8. The summed E-state index contributed by atoms with van der Waals surface area (Å²) in [6.07, 6.45) is 6.37. The van der Waals surface area contributed by atoms with E-state index >= 15 is 0 Å². The SMILES string of the molecule is O=C(/C=C/c1ccc(Cc2nc3c(OCc4ccccc4)cccc3[nH]2)cc1)NOC1CCCCO1. The number of aromatic amines is 1. The number of rotatable bonds is 9. The van der Waals surface area contributed by atoms with Crippen LogP contribution >= 0.6 is 0 Å². The molecule has 0 aliphatic carbocycles. The first-order chi connectivity index (χ1) is 17.7. The number of ether oxygens (including phenoxy) is 2. The summed E-state index contributed by atoms with van der Waals surface area (Å²) in [5.41, 5.74) is 7.35. The van der Waals surface area contributed by atoms with E-state index in [4.69, 9.17) is 19.3 Å². The number of aromatic nitrogens is 2. The summed E-state index contributed by atoms with van der Waals surface area (Å²) in [5.74, 6) is 1.31. The second kappa shape index (κ2) is 11.7. The maximum absolute atomic E-state index is 12.0. The fourth-order valence-electron chi connectivity index (χ4n) is 4.07. The Morgan fingerprint density at radius 3 is 2.69 bits per heavy atom. The predicted molar refractivity (Wildman–Crippen MR) is 138 cm³/mol. The van der Waals surface area contributed by atoms with Crippen molar-refractivity contribution in [1.29, 1.82) is 0 Å². The minimum atomic E-state index is -0.361. The zero-order chi connectivity index (χ0) is 24.6. The lowest BCUT2D eigenvalue weighted by Gasteiger charge is -2.21. The highest BCUT2D eigenvalue weighted by Gasteiger charge is 2.15. The number of hydrogen-bond donors (Lipinski definition) is 2. The zero-order valence-corrected chi connectivity index (χ0v) is 20.0. The van der Waals surface area contributed by atoms with Gasteiger partial charge in [0.05, 0.1) is 5.52 Å². The molecule has 184 valence electrons. The molecule has 0 spiro atoms. The number of nitrogens with zero attached hydrogens (tertiary/aromatic N) is 1. The minimum Gasteiger partial charge on any atom is -0.487 e. The Hall–Kier alpha value is -3.94. The first-order valence-corrected chi connectivity index (χ1v) is 12.2. The highest BCUT2D eigenvalue weighted by Crippen LogP contribution is 2.25. The van der Waals surface area contributed by atoms with E-state index < -0.39 is 0 Å². The topological polar surface area (TPSA) is 85.5 Å². The van der Waals surface area contributed by atoms with Gasteiger partial charge >= 0.3 is 0 Å². The third-order valence-electron chi connectivity index (χ3n) is 5.97. The van der Waals surface area contributed by atoms with Gasteiger partial charge in [-0.15, -0.1) is 0 Å². The molecule has 0 saturated carbocycles. The van der Waals surface area contributed by atoms with Crippen molar-refractivity contribution in [2.24, 2.45) is 0 Å². The van der Waals surface area contributed by atoms with E-state index in [1.165, 1.54) is 6.08 Å². The summed E-state index contributed by atoms with van der Waals surface area (Å²) < 4.78 is 11.5. The molecule has 3 aromatic carbocycles. The van der Waals surface area contributed by atoms with E-state index in [9.17, 15) is 4.79 Å². The number of benzene rings is 3. The van der Waals surface area contributed by atoms with Crippen LogP contribution in [0.1, 0.15) is 41.8 Å². The lowest BCUT2D eigenvalue weighted by molar-refractivity contribution is -0.198. The third kappa shape index (κ3) is 6.38.